The lowest BCUT2D eigenvalue weighted by Gasteiger charge is -2.13. The van der Waals surface area contributed by atoms with Crippen LogP contribution in [0.25, 0.3) is 22.2 Å². The number of nitrogens with one attached hydrogen (secondary N) is 1. The molecular weight excluding hydrogens is 380 g/mol. The van der Waals surface area contributed by atoms with E-state index in [1.807, 2.05) is 49.4 Å². The number of carbonyl (C=O) groups excluding carboxylic acids is 1. The number of rotatable bonds is 3. The number of benzene rings is 3. The van der Waals surface area contributed by atoms with Crippen molar-refractivity contribution in [3.8, 4) is 11.3 Å². The SMILES string of the molecule is Cc1ccc(C)c(-c2cc(C(=O)Nc3ccc(C)c(Cl)c3)c3ccccc3n2)c1. The minimum atomic E-state index is -0.185. The summed E-state index contributed by atoms with van der Waals surface area (Å²) in [7, 11) is 0. The Morgan fingerprint density at radius 2 is 1.66 bits per heavy atom. The summed E-state index contributed by atoms with van der Waals surface area (Å²) >= 11 is 6.21. The molecule has 0 bridgehead atoms. The van der Waals surface area contributed by atoms with Crippen LogP contribution in [0.5, 0.6) is 0 Å². The van der Waals surface area contributed by atoms with Gasteiger partial charge < -0.3 is 5.32 Å². The molecule has 1 aromatic heterocycles. The second-order valence-corrected chi connectivity index (χ2v) is 7.72. The molecule has 0 aliphatic heterocycles. The number of nitrogens with zero attached hydrogens (tertiary/aromatic N) is 1. The van der Waals surface area contributed by atoms with Gasteiger partial charge in [-0.3, -0.25) is 4.79 Å². The van der Waals surface area contributed by atoms with Gasteiger partial charge in [0.1, 0.15) is 0 Å². The van der Waals surface area contributed by atoms with Crippen LogP contribution in [-0.2, 0) is 0 Å². The number of anilines is 1. The molecule has 4 rings (SSSR count). The molecular formula is C25H21ClN2O. The molecule has 3 nitrogen and oxygen atoms in total. The molecule has 0 saturated carbocycles. The summed E-state index contributed by atoms with van der Waals surface area (Å²) in [5, 5.41) is 4.41. The van der Waals surface area contributed by atoms with E-state index in [0.29, 0.717) is 16.3 Å². The second kappa shape index (κ2) is 7.69. The third-order valence-electron chi connectivity index (χ3n) is 5.06. The van der Waals surface area contributed by atoms with Crippen LogP contribution in [0.3, 0.4) is 0 Å². The van der Waals surface area contributed by atoms with Crippen LogP contribution in [0.15, 0.2) is 66.7 Å². The Kier molecular flexibility index (Phi) is 5.08. The summed E-state index contributed by atoms with van der Waals surface area (Å²) < 4.78 is 0. The van der Waals surface area contributed by atoms with Crippen molar-refractivity contribution >= 4 is 34.1 Å². The molecule has 4 aromatic rings. The number of aromatic nitrogens is 1. The zero-order valence-electron chi connectivity index (χ0n) is 16.6. The van der Waals surface area contributed by atoms with E-state index in [9.17, 15) is 4.79 Å². The summed E-state index contributed by atoms with van der Waals surface area (Å²) in [6.07, 6.45) is 0. The van der Waals surface area contributed by atoms with E-state index < -0.39 is 0 Å². The maximum atomic E-state index is 13.2. The maximum absolute atomic E-state index is 13.2. The van der Waals surface area contributed by atoms with Gasteiger partial charge in [-0.2, -0.15) is 0 Å². The highest BCUT2D eigenvalue weighted by atomic mass is 35.5. The van der Waals surface area contributed by atoms with Crippen molar-refractivity contribution in [1.29, 1.82) is 0 Å². The minimum absolute atomic E-state index is 0.185. The molecule has 4 heteroatoms. The molecule has 1 amide bonds. The number of halogens is 1. The molecule has 29 heavy (non-hydrogen) atoms. The molecule has 1 N–H and O–H groups in total. The Labute approximate surface area is 175 Å². The molecule has 0 unspecified atom stereocenters. The number of amides is 1. The van der Waals surface area contributed by atoms with Gasteiger partial charge in [0.25, 0.3) is 5.91 Å². The summed E-state index contributed by atoms with van der Waals surface area (Å²) in [4.78, 5) is 18.0. The van der Waals surface area contributed by atoms with Gasteiger partial charge in [0.05, 0.1) is 16.8 Å². The van der Waals surface area contributed by atoms with Crippen LogP contribution in [0, 0.1) is 20.8 Å². The van der Waals surface area contributed by atoms with Crippen LogP contribution in [0.2, 0.25) is 5.02 Å². The zero-order valence-corrected chi connectivity index (χ0v) is 17.3. The average molecular weight is 401 g/mol. The van der Waals surface area contributed by atoms with Crippen LogP contribution < -0.4 is 5.32 Å². The van der Waals surface area contributed by atoms with E-state index in [1.165, 1.54) is 0 Å². The molecule has 0 spiro atoms. The zero-order chi connectivity index (χ0) is 20.5. The molecule has 0 fully saturated rings. The van der Waals surface area contributed by atoms with Crippen LogP contribution in [0.4, 0.5) is 5.69 Å². The van der Waals surface area contributed by atoms with E-state index in [0.717, 1.165) is 38.9 Å². The van der Waals surface area contributed by atoms with Crippen molar-refractivity contribution in [2.45, 2.75) is 20.8 Å². The van der Waals surface area contributed by atoms with Gasteiger partial charge in [0.2, 0.25) is 0 Å². The first-order chi connectivity index (χ1) is 13.9. The largest absolute Gasteiger partial charge is 0.322 e. The predicted octanol–water partition coefficient (Wildman–Crippen LogP) is 6.73. The van der Waals surface area contributed by atoms with Gasteiger partial charge >= 0.3 is 0 Å². The fraction of sp³-hybridized carbons (Fsp3) is 0.120. The topological polar surface area (TPSA) is 42.0 Å². The predicted molar refractivity (Wildman–Crippen MR) is 121 cm³/mol. The Balaban J connectivity index is 1.83. The third kappa shape index (κ3) is 3.87. The Morgan fingerprint density at radius 3 is 2.45 bits per heavy atom. The normalized spacial score (nSPS) is 10.9. The minimum Gasteiger partial charge on any atom is -0.322 e. The van der Waals surface area contributed by atoms with Crippen LogP contribution in [-0.4, -0.2) is 10.9 Å². The molecule has 0 atom stereocenters. The van der Waals surface area contributed by atoms with Crippen LogP contribution in [0.1, 0.15) is 27.0 Å². The summed E-state index contributed by atoms with van der Waals surface area (Å²) in [6, 6.07) is 21.4. The van der Waals surface area contributed by atoms with Crippen molar-refractivity contribution in [1.82, 2.24) is 4.98 Å². The number of carbonyl (C=O) groups is 1. The number of hydrogen-bond donors (Lipinski definition) is 1. The fourth-order valence-corrected chi connectivity index (χ4v) is 3.56. The van der Waals surface area contributed by atoms with Gasteiger partial charge in [0, 0.05) is 21.7 Å². The van der Waals surface area contributed by atoms with E-state index in [4.69, 9.17) is 16.6 Å². The molecule has 3 aromatic carbocycles. The Bertz CT molecular complexity index is 1250. The maximum Gasteiger partial charge on any atom is 0.256 e. The molecule has 0 aliphatic carbocycles. The number of aryl methyl sites for hydroxylation is 3. The van der Waals surface area contributed by atoms with Crippen molar-refractivity contribution in [2.75, 3.05) is 5.32 Å². The highest BCUT2D eigenvalue weighted by Gasteiger charge is 2.15. The Morgan fingerprint density at radius 1 is 0.897 bits per heavy atom. The lowest BCUT2D eigenvalue weighted by molar-refractivity contribution is 0.102. The van der Waals surface area contributed by atoms with Gasteiger partial charge in [0.15, 0.2) is 0 Å². The average Bonchev–Trinajstić information content (AvgIpc) is 2.71. The van der Waals surface area contributed by atoms with Gasteiger partial charge in [-0.1, -0.05) is 53.6 Å². The first-order valence-electron chi connectivity index (χ1n) is 9.47. The quantitative estimate of drug-likeness (QED) is 0.414. The number of hydrogen-bond acceptors (Lipinski definition) is 2. The number of fused-ring (bicyclic) bond motifs is 1. The summed E-state index contributed by atoms with van der Waals surface area (Å²) in [6.45, 7) is 6.04. The number of para-hydroxylation sites is 1. The van der Waals surface area contributed by atoms with E-state index in [-0.39, 0.29) is 5.91 Å². The standard InChI is InChI=1S/C25H21ClN2O/c1-15-8-9-16(2)20(12-15)24-14-21(19-6-4-5-7-23(19)28-24)25(29)27-18-11-10-17(3)22(26)13-18/h4-14H,1-3H3,(H,27,29). The van der Waals surface area contributed by atoms with Gasteiger partial charge in [-0.25, -0.2) is 4.98 Å². The van der Waals surface area contributed by atoms with E-state index in [1.54, 1.807) is 6.07 Å². The van der Waals surface area contributed by atoms with Crippen molar-refractivity contribution < 1.29 is 4.79 Å². The van der Waals surface area contributed by atoms with Gasteiger partial charge in [-0.05, 0) is 62.2 Å². The molecule has 0 radical (unpaired) electrons. The van der Waals surface area contributed by atoms with Gasteiger partial charge in [-0.15, -0.1) is 0 Å². The monoisotopic (exact) mass is 400 g/mol. The van der Waals surface area contributed by atoms with Crippen molar-refractivity contribution in [3.63, 3.8) is 0 Å². The third-order valence-corrected chi connectivity index (χ3v) is 5.47. The fourth-order valence-electron chi connectivity index (χ4n) is 3.38. The highest BCUT2D eigenvalue weighted by Crippen LogP contribution is 2.29. The number of pyridine rings is 1. The molecule has 1 heterocycles. The lowest BCUT2D eigenvalue weighted by atomic mass is 9.99. The highest BCUT2D eigenvalue weighted by molar-refractivity contribution is 6.31. The van der Waals surface area contributed by atoms with Crippen LogP contribution >= 0.6 is 11.6 Å². The molecule has 144 valence electrons. The van der Waals surface area contributed by atoms with E-state index >= 15 is 0 Å². The summed E-state index contributed by atoms with van der Waals surface area (Å²) in [5.41, 5.74) is 7.10. The molecule has 0 aliphatic rings. The summed E-state index contributed by atoms with van der Waals surface area (Å²) in [5.74, 6) is -0.185. The van der Waals surface area contributed by atoms with Crippen molar-refractivity contribution in [3.05, 3.63) is 94.0 Å². The first-order valence-corrected chi connectivity index (χ1v) is 9.85. The van der Waals surface area contributed by atoms with Crippen molar-refractivity contribution in [2.24, 2.45) is 0 Å². The lowest BCUT2D eigenvalue weighted by Crippen LogP contribution is -2.13. The smallest absolute Gasteiger partial charge is 0.256 e. The Hall–Kier alpha value is -3.17. The second-order valence-electron chi connectivity index (χ2n) is 7.31. The first kappa shape index (κ1) is 19.2. The molecule has 0 saturated heterocycles. The van der Waals surface area contributed by atoms with E-state index in [2.05, 4.69) is 37.4 Å².